The van der Waals surface area contributed by atoms with Crippen LogP contribution >= 0.6 is 0 Å². The van der Waals surface area contributed by atoms with Gasteiger partial charge in [-0.3, -0.25) is 4.79 Å². The lowest BCUT2D eigenvalue weighted by Crippen LogP contribution is -2.27. The third-order valence-electron chi connectivity index (χ3n) is 5.54. The predicted molar refractivity (Wildman–Crippen MR) is 118 cm³/mol. The number of amides is 1. The summed E-state index contributed by atoms with van der Waals surface area (Å²) in [5.41, 5.74) is 3.36. The first-order valence-corrected chi connectivity index (χ1v) is 10.7. The lowest BCUT2D eigenvalue weighted by Gasteiger charge is -2.09. The molecule has 5 rings (SSSR count). The second-order valence-corrected chi connectivity index (χ2v) is 7.80. The summed E-state index contributed by atoms with van der Waals surface area (Å²) in [4.78, 5) is 12.3. The van der Waals surface area contributed by atoms with Gasteiger partial charge in [-0.25, -0.2) is 0 Å². The Balaban J connectivity index is 1.09. The summed E-state index contributed by atoms with van der Waals surface area (Å²) >= 11 is 0. The molecule has 0 saturated heterocycles. The second-order valence-electron chi connectivity index (χ2n) is 7.80. The van der Waals surface area contributed by atoms with Crippen molar-refractivity contribution in [2.24, 2.45) is 0 Å². The van der Waals surface area contributed by atoms with Crippen LogP contribution in [0.3, 0.4) is 0 Å². The number of aromatic nitrogens is 3. The van der Waals surface area contributed by atoms with E-state index >= 15 is 0 Å². The molecular weight excluding hydrogens is 408 g/mol. The van der Waals surface area contributed by atoms with Gasteiger partial charge in [-0.05, 0) is 42.1 Å². The number of para-hydroxylation sites is 1. The highest BCUT2D eigenvalue weighted by molar-refractivity contribution is 5.81. The van der Waals surface area contributed by atoms with Crippen LogP contribution in [0.15, 0.2) is 52.9 Å². The minimum absolute atomic E-state index is 0.0327. The molecule has 0 spiro atoms. The van der Waals surface area contributed by atoms with E-state index in [9.17, 15) is 4.79 Å². The Morgan fingerprint density at radius 3 is 2.84 bits per heavy atom. The highest BCUT2D eigenvalue weighted by Gasteiger charge is 2.15. The molecule has 3 heterocycles. The number of hydrogen-bond donors (Lipinski definition) is 1. The molecule has 2 aromatic heterocycles. The van der Waals surface area contributed by atoms with Crippen molar-refractivity contribution in [3.05, 3.63) is 71.6 Å². The lowest BCUT2D eigenvalue weighted by molar-refractivity contribution is -0.121. The zero-order chi connectivity index (χ0) is 21.9. The Morgan fingerprint density at radius 1 is 1.06 bits per heavy atom. The van der Waals surface area contributed by atoms with E-state index in [1.54, 1.807) is 0 Å². The number of hydrogen-bond acceptors (Lipinski definition) is 6. The predicted octanol–water partition coefficient (Wildman–Crippen LogP) is 3.40. The Morgan fingerprint density at radius 2 is 1.91 bits per heavy atom. The number of nitrogens with one attached hydrogen (secondary N) is 1. The van der Waals surface area contributed by atoms with Crippen LogP contribution in [0, 0.1) is 6.92 Å². The first-order valence-electron chi connectivity index (χ1n) is 10.7. The third-order valence-corrected chi connectivity index (χ3v) is 5.54. The quantitative estimate of drug-likeness (QED) is 0.459. The van der Waals surface area contributed by atoms with Gasteiger partial charge in [0.25, 0.3) is 0 Å². The van der Waals surface area contributed by atoms with Gasteiger partial charge in [0.05, 0.1) is 6.42 Å². The lowest BCUT2D eigenvalue weighted by atomic mass is 10.1. The smallest absolute Gasteiger partial charge is 0.231 e. The minimum atomic E-state index is -0.0327. The van der Waals surface area contributed by atoms with Crippen molar-refractivity contribution < 1.29 is 18.7 Å². The number of benzene rings is 2. The Hall–Kier alpha value is -3.81. The standard InChI is InChI=1S/C24H24N4O4/c1-16-12-18-4-2-3-5-19(18)28(16)11-10-25-22(29)8-9-23-26-27-24(32-23)14-17-6-7-20-21(13-17)31-15-30-20/h2-7,12-13H,8-11,14-15H2,1H3,(H,25,29). The summed E-state index contributed by atoms with van der Waals surface area (Å²) in [6.07, 6.45) is 1.21. The van der Waals surface area contributed by atoms with E-state index in [2.05, 4.69) is 45.2 Å². The summed E-state index contributed by atoms with van der Waals surface area (Å²) in [6.45, 7) is 3.62. The molecule has 0 aliphatic carbocycles. The summed E-state index contributed by atoms with van der Waals surface area (Å²) in [7, 11) is 0. The highest BCUT2D eigenvalue weighted by Crippen LogP contribution is 2.33. The largest absolute Gasteiger partial charge is 0.454 e. The van der Waals surface area contributed by atoms with Gasteiger partial charge in [-0.15, -0.1) is 10.2 Å². The maximum atomic E-state index is 12.3. The topological polar surface area (TPSA) is 91.4 Å². The van der Waals surface area contributed by atoms with Crippen molar-refractivity contribution in [2.45, 2.75) is 32.7 Å². The van der Waals surface area contributed by atoms with Gasteiger partial charge in [-0.2, -0.15) is 0 Å². The molecule has 164 valence electrons. The van der Waals surface area contributed by atoms with Crippen molar-refractivity contribution in [3.8, 4) is 11.5 Å². The molecule has 0 saturated carbocycles. The molecule has 1 aliphatic rings. The van der Waals surface area contributed by atoms with Gasteiger partial charge in [-0.1, -0.05) is 24.3 Å². The van der Waals surface area contributed by atoms with Crippen molar-refractivity contribution in [3.63, 3.8) is 0 Å². The fourth-order valence-electron chi connectivity index (χ4n) is 3.95. The van der Waals surface area contributed by atoms with Gasteiger partial charge < -0.3 is 23.8 Å². The van der Waals surface area contributed by atoms with Crippen LogP contribution in [0.4, 0.5) is 0 Å². The molecule has 0 bridgehead atoms. The molecule has 8 nitrogen and oxygen atoms in total. The Labute approximate surface area is 185 Å². The molecule has 0 radical (unpaired) electrons. The number of ether oxygens (including phenoxy) is 2. The van der Waals surface area contributed by atoms with E-state index in [4.69, 9.17) is 13.9 Å². The molecule has 0 fully saturated rings. The van der Waals surface area contributed by atoms with Crippen LogP contribution in [0.5, 0.6) is 11.5 Å². The van der Waals surface area contributed by atoms with Crippen molar-refractivity contribution in [2.75, 3.05) is 13.3 Å². The van der Waals surface area contributed by atoms with E-state index in [-0.39, 0.29) is 12.7 Å². The highest BCUT2D eigenvalue weighted by atomic mass is 16.7. The van der Waals surface area contributed by atoms with Gasteiger partial charge in [0, 0.05) is 37.1 Å². The van der Waals surface area contributed by atoms with E-state index in [1.165, 1.54) is 16.6 Å². The summed E-state index contributed by atoms with van der Waals surface area (Å²) in [5.74, 6) is 2.40. The molecule has 2 aromatic carbocycles. The van der Waals surface area contributed by atoms with Gasteiger partial charge >= 0.3 is 0 Å². The van der Waals surface area contributed by atoms with E-state index in [1.807, 2.05) is 30.3 Å². The number of fused-ring (bicyclic) bond motifs is 2. The summed E-state index contributed by atoms with van der Waals surface area (Å²) in [6, 6.07) is 16.2. The molecule has 32 heavy (non-hydrogen) atoms. The molecular formula is C24H24N4O4. The Kier molecular flexibility index (Phi) is 5.49. The number of nitrogens with zero attached hydrogens (tertiary/aromatic N) is 3. The van der Waals surface area contributed by atoms with E-state index in [0.717, 1.165) is 23.6 Å². The first-order chi connectivity index (χ1) is 15.7. The number of carbonyl (C=O) groups is 1. The molecule has 1 aliphatic heterocycles. The number of aryl methyl sites for hydroxylation is 2. The van der Waals surface area contributed by atoms with Crippen molar-refractivity contribution in [1.82, 2.24) is 20.1 Å². The third kappa shape index (κ3) is 4.30. The van der Waals surface area contributed by atoms with Crippen molar-refractivity contribution >= 4 is 16.8 Å². The molecule has 0 unspecified atom stereocenters. The van der Waals surface area contributed by atoms with Crippen LogP contribution in [-0.2, 0) is 24.2 Å². The fraction of sp³-hybridized carbons (Fsp3) is 0.292. The minimum Gasteiger partial charge on any atom is -0.454 e. The monoisotopic (exact) mass is 432 g/mol. The molecule has 1 N–H and O–H groups in total. The van der Waals surface area contributed by atoms with Crippen LogP contribution in [0.2, 0.25) is 0 Å². The van der Waals surface area contributed by atoms with Gasteiger partial charge in [0.2, 0.25) is 24.5 Å². The molecule has 0 atom stereocenters. The first kappa shape index (κ1) is 20.1. The van der Waals surface area contributed by atoms with Crippen LogP contribution < -0.4 is 14.8 Å². The fourth-order valence-corrected chi connectivity index (χ4v) is 3.95. The maximum absolute atomic E-state index is 12.3. The maximum Gasteiger partial charge on any atom is 0.231 e. The van der Waals surface area contributed by atoms with E-state index < -0.39 is 0 Å². The van der Waals surface area contributed by atoms with E-state index in [0.29, 0.717) is 37.6 Å². The number of rotatable bonds is 8. The summed E-state index contributed by atoms with van der Waals surface area (Å²) < 4.78 is 18.6. The van der Waals surface area contributed by atoms with Gasteiger partial charge in [0.15, 0.2) is 11.5 Å². The van der Waals surface area contributed by atoms with Crippen LogP contribution in [0.1, 0.15) is 29.5 Å². The van der Waals surface area contributed by atoms with Gasteiger partial charge in [0.1, 0.15) is 0 Å². The average Bonchev–Trinajstić information content (AvgIpc) is 3.51. The normalized spacial score (nSPS) is 12.4. The number of carbonyl (C=O) groups excluding carboxylic acids is 1. The molecule has 1 amide bonds. The second kappa shape index (κ2) is 8.74. The molecule has 4 aromatic rings. The van der Waals surface area contributed by atoms with Crippen LogP contribution in [-0.4, -0.2) is 34.0 Å². The van der Waals surface area contributed by atoms with Crippen molar-refractivity contribution in [1.29, 1.82) is 0 Å². The summed E-state index contributed by atoms with van der Waals surface area (Å²) in [5, 5.41) is 12.4. The van der Waals surface area contributed by atoms with Crippen LogP contribution in [0.25, 0.3) is 10.9 Å². The zero-order valence-electron chi connectivity index (χ0n) is 17.8. The molecule has 8 heteroatoms. The zero-order valence-corrected chi connectivity index (χ0v) is 17.8. The SMILES string of the molecule is Cc1cc2ccccc2n1CCNC(=O)CCc1nnc(Cc2ccc3c(c2)OCO3)o1. The Bertz CT molecular complexity index is 1260. The average molecular weight is 432 g/mol.